The molecule has 0 aliphatic rings. The van der Waals surface area contributed by atoms with Crippen molar-refractivity contribution in [2.75, 3.05) is 20.7 Å². The van der Waals surface area contributed by atoms with Gasteiger partial charge in [-0.3, -0.25) is 4.99 Å². The summed E-state index contributed by atoms with van der Waals surface area (Å²) in [4.78, 5) is 3.98. The van der Waals surface area contributed by atoms with Crippen LogP contribution in [0.5, 0.6) is 11.5 Å². The maximum atomic E-state index is 12.3. The SMILES string of the molecule is CCOc1cc(CNC(=NC)NC)ccc1OC(F)F.I. The number of benzene rings is 1. The molecule has 1 aromatic carbocycles. The Balaban J connectivity index is 0.00000400. The van der Waals surface area contributed by atoms with Crippen molar-refractivity contribution in [3.63, 3.8) is 0 Å². The van der Waals surface area contributed by atoms with E-state index in [1.165, 1.54) is 6.07 Å². The summed E-state index contributed by atoms with van der Waals surface area (Å²) in [6, 6.07) is 4.82. The van der Waals surface area contributed by atoms with E-state index in [2.05, 4.69) is 20.4 Å². The number of halogens is 3. The van der Waals surface area contributed by atoms with Crippen LogP contribution in [-0.4, -0.2) is 33.3 Å². The van der Waals surface area contributed by atoms with Gasteiger partial charge in [-0.2, -0.15) is 8.78 Å². The average molecular weight is 415 g/mol. The largest absolute Gasteiger partial charge is 0.490 e. The predicted octanol–water partition coefficient (Wildman–Crippen LogP) is 2.60. The summed E-state index contributed by atoms with van der Waals surface area (Å²) in [6.45, 7) is -0.238. The lowest BCUT2D eigenvalue weighted by Gasteiger charge is -2.13. The van der Waals surface area contributed by atoms with Gasteiger partial charge in [-0.1, -0.05) is 6.07 Å². The number of hydrogen-bond acceptors (Lipinski definition) is 3. The molecule has 0 amide bonds. The molecule has 0 radical (unpaired) electrons. The molecular weight excluding hydrogens is 395 g/mol. The van der Waals surface area contributed by atoms with Crippen molar-refractivity contribution in [2.24, 2.45) is 4.99 Å². The number of hydrogen-bond donors (Lipinski definition) is 2. The average Bonchev–Trinajstić information content (AvgIpc) is 2.42. The van der Waals surface area contributed by atoms with E-state index in [1.54, 1.807) is 33.2 Å². The zero-order valence-corrected chi connectivity index (χ0v) is 14.5. The Morgan fingerprint density at radius 2 is 2.05 bits per heavy atom. The van der Waals surface area contributed by atoms with E-state index >= 15 is 0 Å². The van der Waals surface area contributed by atoms with Crippen molar-refractivity contribution in [3.05, 3.63) is 23.8 Å². The van der Waals surface area contributed by atoms with Crippen LogP contribution >= 0.6 is 24.0 Å². The highest BCUT2D eigenvalue weighted by Crippen LogP contribution is 2.29. The van der Waals surface area contributed by atoms with E-state index in [9.17, 15) is 8.78 Å². The van der Waals surface area contributed by atoms with Gasteiger partial charge in [0.1, 0.15) is 0 Å². The molecule has 1 aromatic rings. The third kappa shape index (κ3) is 6.78. The topological polar surface area (TPSA) is 54.9 Å². The van der Waals surface area contributed by atoms with Crippen LogP contribution in [0.4, 0.5) is 8.78 Å². The second-order valence-corrected chi connectivity index (χ2v) is 3.77. The Hall–Kier alpha value is -1.32. The molecule has 0 aromatic heterocycles. The number of guanidine groups is 1. The highest BCUT2D eigenvalue weighted by Gasteiger charge is 2.11. The number of alkyl halides is 2. The molecule has 8 heteroatoms. The third-order valence-corrected chi connectivity index (χ3v) is 2.44. The fourth-order valence-electron chi connectivity index (χ4n) is 1.59. The molecule has 0 heterocycles. The predicted molar refractivity (Wildman–Crippen MR) is 88.9 cm³/mol. The highest BCUT2D eigenvalue weighted by molar-refractivity contribution is 14.0. The Bertz CT molecular complexity index is 459. The quantitative estimate of drug-likeness (QED) is 0.426. The van der Waals surface area contributed by atoms with Gasteiger partial charge in [-0.15, -0.1) is 24.0 Å². The maximum absolute atomic E-state index is 12.3. The summed E-state index contributed by atoms with van der Waals surface area (Å²) in [6.07, 6.45) is 0. The molecule has 0 spiro atoms. The van der Waals surface area contributed by atoms with Crippen molar-refractivity contribution in [1.82, 2.24) is 10.6 Å². The molecule has 0 aliphatic heterocycles. The van der Waals surface area contributed by atoms with E-state index < -0.39 is 6.61 Å². The van der Waals surface area contributed by atoms with Crippen LogP contribution in [0.3, 0.4) is 0 Å². The van der Waals surface area contributed by atoms with Crippen molar-refractivity contribution in [1.29, 1.82) is 0 Å². The van der Waals surface area contributed by atoms with E-state index in [0.717, 1.165) is 5.56 Å². The van der Waals surface area contributed by atoms with Gasteiger partial charge in [0.25, 0.3) is 0 Å². The minimum atomic E-state index is -2.87. The van der Waals surface area contributed by atoms with Crippen LogP contribution in [0.15, 0.2) is 23.2 Å². The van der Waals surface area contributed by atoms with Crippen molar-refractivity contribution < 1.29 is 18.3 Å². The zero-order valence-electron chi connectivity index (χ0n) is 12.2. The standard InChI is InChI=1S/C13H19F2N3O2.HI/c1-4-19-11-7-9(8-18-13(16-2)17-3)5-6-10(11)20-12(14)15;/h5-7,12H,4,8H2,1-3H3,(H2,16,17,18);1H. The van der Waals surface area contributed by atoms with Crippen LogP contribution in [0.1, 0.15) is 12.5 Å². The first-order valence-electron chi connectivity index (χ1n) is 6.19. The van der Waals surface area contributed by atoms with Gasteiger partial charge in [0.05, 0.1) is 6.61 Å². The lowest BCUT2D eigenvalue weighted by molar-refractivity contribution is -0.0514. The molecule has 0 unspecified atom stereocenters. The normalized spacial score (nSPS) is 10.9. The van der Waals surface area contributed by atoms with E-state index in [4.69, 9.17) is 4.74 Å². The first-order valence-corrected chi connectivity index (χ1v) is 6.19. The lowest BCUT2D eigenvalue weighted by atomic mass is 10.2. The Morgan fingerprint density at radius 3 is 2.57 bits per heavy atom. The number of ether oxygens (including phenoxy) is 2. The number of nitrogens with one attached hydrogen (secondary N) is 2. The lowest BCUT2D eigenvalue weighted by Crippen LogP contribution is -2.34. The molecule has 0 saturated heterocycles. The van der Waals surface area contributed by atoms with Crippen molar-refractivity contribution in [2.45, 2.75) is 20.1 Å². The van der Waals surface area contributed by atoms with E-state index in [0.29, 0.717) is 24.9 Å². The smallest absolute Gasteiger partial charge is 0.387 e. The molecule has 120 valence electrons. The van der Waals surface area contributed by atoms with Gasteiger partial charge in [0.15, 0.2) is 17.5 Å². The van der Waals surface area contributed by atoms with E-state index in [-0.39, 0.29) is 29.7 Å². The van der Waals surface area contributed by atoms with Gasteiger partial charge in [0, 0.05) is 20.6 Å². The summed E-state index contributed by atoms with van der Waals surface area (Å²) in [5.41, 5.74) is 0.867. The van der Waals surface area contributed by atoms with Gasteiger partial charge >= 0.3 is 6.61 Å². The minimum Gasteiger partial charge on any atom is -0.490 e. The minimum absolute atomic E-state index is 0. The molecule has 0 atom stereocenters. The number of rotatable bonds is 6. The number of nitrogens with zero attached hydrogens (tertiary/aromatic N) is 1. The van der Waals surface area contributed by atoms with Gasteiger partial charge in [-0.25, -0.2) is 0 Å². The first kappa shape index (κ1) is 19.7. The second kappa shape index (κ2) is 10.4. The Morgan fingerprint density at radius 1 is 1.33 bits per heavy atom. The third-order valence-electron chi connectivity index (χ3n) is 2.44. The van der Waals surface area contributed by atoms with Gasteiger partial charge in [0.2, 0.25) is 0 Å². The summed E-state index contributed by atoms with van der Waals surface area (Å²) >= 11 is 0. The second-order valence-electron chi connectivity index (χ2n) is 3.77. The van der Waals surface area contributed by atoms with Gasteiger partial charge in [-0.05, 0) is 24.6 Å². The van der Waals surface area contributed by atoms with Crippen molar-refractivity contribution >= 4 is 29.9 Å². The van der Waals surface area contributed by atoms with Crippen molar-refractivity contribution in [3.8, 4) is 11.5 Å². The van der Waals surface area contributed by atoms with Crippen LogP contribution in [-0.2, 0) is 6.54 Å². The summed E-state index contributed by atoms with van der Waals surface area (Å²) in [5, 5.41) is 5.94. The molecule has 0 bridgehead atoms. The Kier molecular flexibility index (Phi) is 9.76. The summed E-state index contributed by atoms with van der Waals surface area (Å²) < 4.78 is 34.3. The maximum Gasteiger partial charge on any atom is 0.387 e. The molecule has 1 rings (SSSR count). The van der Waals surface area contributed by atoms with E-state index in [1.807, 2.05) is 0 Å². The molecule has 2 N–H and O–H groups in total. The fraction of sp³-hybridized carbons (Fsp3) is 0.462. The van der Waals surface area contributed by atoms with Gasteiger partial charge < -0.3 is 20.1 Å². The first-order chi connectivity index (χ1) is 9.60. The summed E-state index contributed by atoms with van der Waals surface area (Å²) in [7, 11) is 3.41. The number of aliphatic imine (C=N–C) groups is 1. The molecule has 5 nitrogen and oxygen atoms in total. The summed E-state index contributed by atoms with van der Waals surface area (Å²) in [5.74, 6) is 0.964. The molecule has 21 heavy (non-hydrogen) atoms. The Labute approximate surface area is 140 Å². The molecular formula is C13H20F2IN3O2. The fourth-order valence-corrected chi connectivity index (χ4v) is 1.59. The molecule has 0 saturated carbocycles. The highest BCUT2D eigenvalue weighted by atomic mass is 127. The molecule has 0 aliphatic carbocycles. The van der Waals surface area contributed by atoms with Crippen LogP contribution in [0, 0.1) is 0 Å². The van der Waals surface area contributed by atoms with Crippen LogP contribution in [0.25, 0.3) is 0 Å². The van der Waals surface area contributed by atoms with Crippen LogP contribution in [0.2, 0.25) is 0 Å². The zero-order chi connectivity index (χ0) is 15.0. The monoisotopic (exact) mass is 415 g/mol. The van der Waals surface area contributed by atoms with Crippen LogP contribution < -0.4 is 20.1 Å². The molecule has 0 fully saturated rings.